The van der Waals surface area contributed by atoms with Crippen molar-refractivity contribution in [3.05, 3.63) is 89.8 Å². The Bertz CT molecular complexity index is 898. The zero-order chi connectivity index (χ0) is 18.7. The summed E-state index contributed by atoms with van der Waals surface area (Å²) in [6, 6.07) is 14.6. The predicted octanol–water partition coefficient (Wildman–Crippen LogP) is 3.81. The summed E-state index contributed by atoms with van der Waals surface area (Å²) in [5.41, 5.74) is 2.65. The summed E-state index contributed by atoms with van der Waals surface area (Å²) in [6.07, 6.45) is 8.14. The fourth-order valence-electron chi connectivity index (χ4n) is 3.65. The lowest BCUT2D eigenvalue weighted by Gasteiger charge is -2.40. The summed E-state index contributed by atoms with van der Waals surface area (Å²) >= 11 is 0. The molecule has 4 rings (SSSR count). The number of halogens is 1. The summed E-state index contributed by atoms with van der Waals surface area (Å²) in [7, 11) is 0. The molecule has 1 aromatic heterocycles. The van der Waals surface area contributed by atoms with Gasteiger partial charge in [-0.3, -0.25) is 4.79 Å². The van der Waals surface area contributed by atoms with Crippen LogP contribution in [0.25, 0.3) is 0 Å². The van der Waals surface area contributed by atoms with Crippen LogP contribution >= 0.6 is 0 Å². The molecule has 5 heteroatoms. The zero-order valence-electron chi connectivity index (χ0n) is 15.1. The van der Waals surface area contributed by atoms with Crippen molar-refractivity contribution in [3.8, 4) is 0 Å². The van der Waals surface area contributed by atoms with Gasteiger partial charge in [-0.25, -0.2) is 9.37 Å². The monoisotopic (exact) mass is 363 g/mol. The Labute approximate surface area is 158 Å². The fraction of sp³-hybridized carbons (Fsp3) is 0.273. The SMILES string of the molecule is O=C(NCc1ccc(Cn2ccnc2)cc1)C1(c2ccc(F)cc2)CCC1. The quantitative estimate of drug-likeness (QED) is 0.724. The summed E-state index contributed by atoms with van der Waals surface area (Å²) in [5, 5.41) is 3.07. The van der Waals surface area contributed by atoms with Gasteiger partial charge in [-0.1, -0.05) is 42.8 Å². The van der Waals surface area contributed by atoms with Crippen molar-refractivity contribution in [3.63, 3.8) is 0 Å². The summed E-state index contributed by atoms with van der Waals surface area (Å²) in [6.45, 7) is 1.27. The van der Waals surface area contributed by atoms with E-state index in [1.165, 1.54) is 17.7 Å². The van der Waals surface area contributed by atoms with Gasteiger partial charge in [0, 0.05) is 25.5 Å². The molecule has 0 radical (unpaired) electrons. The second-order valence-electron chi connectivity index (χ2n) is 7.18. The molecule has 27 heavy (non-hydrogen) atoms. The molecule has 3 aromatic rings. The maximum Gasteiger partial charge on any atom is 0.230 e. The van der Waals surface area contributed by atoms with Gasteiger partial charge in [-0.2, -0.15) is 0 Å². The minimum atomic E-state index is -0.505. The molecule has 1 heterocycles. The van der Waals surface area contributed by atoms with Crippen LogP contribution < -0.4 is 5.32 Å². The molecule has 1 aliphatic rings. The van der Waals surface area contributed by atoms with Gasteiger partial charge in [0.05, 0.1) is 11.7 Å². The van der Waals surface area contributed by atoms with Gasteiger partial charge < -0.3 is 9.88 Å². The molecular formula is C22H22FN3O. The van der Waals surface area contributed by atoms with Crippen molar-refractivity contribution in [2.45, 2.75) is 37.8 Å². The third kappa shape index (κ3) is 3.63. The van der Waals surface area contributed by atoms with Gasteiger partial charge in [0.1, 0.15) is 5.82 Å². The van der Waals surface area contributed by atoms with E-state index in [0.29, 0.717) is 6.54 Å². The van der Waals surface area contributed by atoms with Gasteiger partial charge in [-0.15, -0.1) is 0 Å². The first-order valence-electron chi connectivity index (χ1n) is 9.24. The second-order valence-corrected chi connectivity index (χ2v) is 7.18. The Morgan fingerprint density at radius 1 is 1.07 bits per heavy atom. The minimum Gasteiger partial charge on any atom is -0.351 e. The summed E-state index contributed by atoms with van der Waals surface area (Å²) in [5.74, 6) is -0.243. The van der Waals surface area contributed by atoms with E-state index in [2.05, 4.69) is 22.4 Å². The van der Waals surface area contributed by atoms with Crippen LogP contribution in [-0.2, 0) is 23.3 Å². The average Bonchev–Trinajstić information content (AvgIpc) is 3.15. The van der Waals surface area contributed by atoms with Crippen LogP contribution in [0.15, 0.2) is 67.3 Å². The summed E-state index contributed by atoms with van der Waals surface area (Å²) < 4.78 is 15.2. The highest BCUT2D eigenvalue weighted by molar-refractivity contribution is 5.89. The van der Waals surface area contributed by atoms with Crippen LogP contribution in [-0.4, -0.2) is 15.5 Å². The first-order valence-corrected chi connectivity index (χ1v) is 9.24. The van der Waals surface area contributed by atoms with Crippen LogP contribution in [0.3, 0.4) is 0 Å². The number of amides is 1. The molecule has 1 amide bonds. The lowest BCUT2D eigenvalue weighted by molar-refractivity contribution is -0.130. The molecule has 1 fully saturated rings. The highest BCUT2D eigenvalue weighted by Crippen LogP contribution is 2.44. The van der Waals surface area contributed by atoms with Crippen molar-refractivity contribution in [2.24, 2.45) is 0 Å². The van der Waals surface area contributed by atoms with Crippen LogP contribution in [0.1, 0.15) is 36.0 Å². The molecule has 1 aliphatic carbocycles. The molecule has 0 saturated heterocycles. The second kappa shape index (κ2) is 7.35. The predicted molar refractivity (Wildman–Crippen MR) is 102 cm³/mol. The maximum atomic E-state index is 13.2. The lowest BCUT2D eigenvalue weighted by Crippen LogP contribution is -2.49. The van der Waals surface area contributed by atoms with Gasteiger partial charge in [0.15, 0.2) is 0 Å². The Morgan fingerprint density at radius 2 is 1.78 bits per heavy atom. The largest absolute Gasteiger partial charge is 0.351 e. The van der Waals surface area contributed by atoms with E-state index in [1.807, 2.05) is 22.9 Å². The smallest absolute Gasteiger partial charge is 0.230 e. The Kier molecular flexibility index (Phi) is 4.75. The molecule has 0 atom stereocenters. The minimum absolute atomic E-state index is 0.0304. The van der Waals surface area contributed by atoms with Crippen LogP contribution in [0.5, 0.6) is 0 Å². The number of aromatic nitrogens is 2. The number of imidazole rings is 1. The average molecular weight is 363 g/mol. The number of rotatable bonds is 6. The normalized spacial score (nSPS) is 15.1. The van der Waals surface area contributed by atoms with Gasteiger partial charge >= 0.3 is 0 Å². The molecule has 0 spiro atoms. The molecule has 0 bridgehead atoms. The van der Waals surface area contributed by atoms with E-state index >= 15 is 0 Å². The Morgan fingerprint density at radius 3 is 2.37 bits per heavy atom. The van der Waals surface area contributed by atoms with E-state index in [1.54, 1.807) is 24.7 Å². The van der Waals surface area contributed by atoms with E-state index in [4.69, 9.17) is 0 Å². The zero-order valence-corrected chi connectivity index (χ0v) is 15.1. The molecule has 1 saturated carbocycles. The molecule has 138 valence electrons. The molecule has 0 unspecified atom stereocenters. The standard InChI is InChI=1S/C22H22FN3O/c23-20-8-6-19(7-9-20)22(10-1-11-22)21(27)25-14-17-2-4-18(5-3-17)15-26-13-12-24-16-26/h2-9,12-13,16H,1,10-11,14-15H2,(H,25,27). The van der Waals surface area contributed by atoms with E-state index in [-0.39, 0.29) is 11.7 Å². The van der Waals surface area contributed by atoms with Crippen molar-refractivity contribution in [2.75, 3.05) is 0 Å². The third-order valence-corrected chi connectivity index (χ3v) is 5.44. The van der Waals surface area contributed by atoms with Crippen molar-refractivity contribution < 1.29 is 9.18 Å². The van der Waals surface area contributed by atoms with E-state index in [9.17, 15) is 9.18 Å². The van der Waals surface area contributed by atoms with Crippen LogP contribution in [0.4, 0.5) is 4.39 Å². The number of nitrogens with zero attached hydrogens (tertiary/aromatic N) is 2. The number of benzene rings is 2. The number of hydrogen-bond acceptors (Lipinski definition) is 2. The van der Waals surface area contributed by atoms with Crippen LogP contribution in [0.2, 0.25) is 0 Å². The highest BCUT2D eigenvalue weighted by atomic mass is 19.1. The van der Waals surface area contributed by atoms with Gasteiger partial charge in [-0.05, 0) is 41.7 Å². The van der Waals surface area contributed by atoms with Crippen molar-refractivity contribution in [1.29, 1.82) is 0 Å². The van der Waals surface area contributed by atoms with Crippen LogP contribution in [0, 0.1) is 5.82 Å². The third-order valence-electron chi connectivity index (χ3n) is 5.44. The molecule has 0 aliphatic heterocycles. The van der Waals surface area contributed by atoms with Crippen molar-refractivity contribution in [1.82, 2.24) is 14.9 Å². The first-order chi connectivity index (χ1) is 13.2. The van der Waals surface area contributed by atoms with Crippen molar-refractivity contribution >= 4 is 5.91 Å². The highest BCUT2D eigenvalue weighted by Gasteiger charge is 2.45. The number of carbonyl (C=O) groups is 1. The lowest BCUT2D eigenvalue weighted by atomic mass is 9.64. The number of nitrogens with one attached hydrogen (secondary N) is 1. The molecular weight excluding hydrogens is 341 g/mol. The maximum absolute atomic E-state index is 13.2. The van der Waals surface area contributed by atoms with E-state index < -0.39 is 5.41 Å². The first kappa shape index (κ1) is 17.5. The topological polar surface area (TPSA) is 46.9 Å². The fourth-order valence-corrected chi connectivity index (χ4v) is 3.65. The molecule has 4 nitrogen and oxygen atoms in total. The molecule has 1 N–H and O–H groups in total. The number of hydrogen-bond donors (Lipinski definition) is 1. The number of carbonyl (C=O) groups excluding carboxylic acids is 1. The van der Waals surface area contributed by atoms with E-state index in [0.717, 1.165) is 36.9 Å². The summed E-state index contributed by atoms with van der Waals surface area (Å²) in [4.78, 5) is 16.9. The molecule has 2 aromatic carbocycles. The van der Waals surface area contributed by atoms with Gasteiger partial charge in [0.2, 0.25) is 5.91 Å². The van der Waals surface area contributed by atoms with Gasteiger partial charge in [0.25, 0.3) is 0 Å². The Hall–Kier alpha value is -2.95. The Balaban J connectivity index is 1.39.